The number of amides is 1. The molecule has 1 heterocycles. The first-order valence-electron chi connectivity index (χ1n) is 9.98. The topological polar surface area (TPSA) is 75.7 Å². The summed E-state index contributed by atoms with van der Waals surface area (Å²) in [7, 11) is -3.49. The Morgan fingerprint density at radius 3 is 2.37 bits per heavy atom. The summed E-state index contributed by atoms with van der Waals surface area (Å²) in [5.74, 6) is -0.497. The molecule has 1 aliphatic rings. The highest BCUT2D eigenvalue weighted by molar-refractivity contribution is 7.91. The molecule has 1 N–H and O–H groups in total. The van der Waals surface area contributed by atoms with Crippen LogP contribution in [0, 0.1) is 6.92 Å². The summed E-state index contributed by atoms with van der Waals surface area (Å²) in [6.45, 7) is 5.12. The number of hydrogen-bond donors (Lipinski definition) is 1. The third-order valence-electron chi connectivity index (χ3n) is 5.21. The van der Waals surface area contributed by atoms with Crippen molar-refractivity contribution in [2.75, 3.05) is 38.6 Å². The molecule has 0 aliphatic carbocycles. The van der Waals surface area contributed by atoms with Crippen molar-refractivity contribution in [3.05, 3.63) is 64.7 Å². The van der Waals surface area contributed by atoms with Gasteiger partial charge in [-0.25, -0.2) is 8.42 Å². The predicted molar refractivity (Wildman–Crippen MR) is 117 cm³/mol. The Bertz CT molecular complexity index is 940. The lowest BCUT2D eigenvalue weighted by Gasteiger charge is -2.35. The van der Waals surface area contributed by atoms with Crippen molar-refractivity contribution in [3.8, 4) is 0 Å². The van der Waals surface area contributed by atoms with E-state index in [0.717, 1.165) is 24.2 Å². The first-order valence-corrected chi connectivity index (χ1v) is 12.0. The van der Waals surface area contributed by atoms with Crippen LogP contribution < -0.4 is 5.32 Å². The number of ether oxygens (including phenoxy) is 1. The maximum Gasteiger partial charge on any atom is 0.221 e. The molecule has 0 aromatic heterocycles. The molecule has 162 valence electrons. The molecular weight excluding hydrogens is 424 g/mol. The summed E-state index contributed by atoms with van der Waals surface area (Å²) in [6.07, 6.45) is -0.0767. The van der Waals surface area contributed by atoms with Gasteiger partial charge in [-0.15, -0.1) is 0 Å². The zero-order valence-corrected chi connectivity index (χ0v) is 18.6. The Morgan fingerprint density at radius 2 is 1.73 bits per heavy atom. The Kier molecular flexibility index (Phi) is 7.88. The molecule has 1 amide bonds. The van der Waals surface area contributed by atoms with Crippen molar-refractivity contribution in [2.45, 2.75) is 24.3 Å². The van der Waals surface area contributed by atoms with Crippen molar-refractivity contribution in [2.24, 2.45) is 0 Å². The van der Waals surface area contributed by atoms with Gasteiger partial charge in [0.2, 0.25) is 5.91 Å². The van der Waals surface area contributed by atoms with Gasteiger partial charge >= 0.3 is 0 Å². The minimum absolute atomic E-state index is 0.0242. The first-order chi connectivity index (χ1) is 14.3. The van der Waals surface area contributed by atoms with Crippen LogP contribution in [0.3, 0.4) is 0 Å². The predicted octanol–water partition coefficient (Wildman–Crippen LogP) is 3.00. The van der Waals surface area contributed by atoms with E-state index in [9.17, 15) is 13.2 Å². The molecule has 2 aromatic rings. The lowest BCUT2D eigenvalue weighted by molar-refractivity contribution is -0.121. The Labute approximate surface area is 183 Å². The van der Waals surface area contributed by atoms with E-state index in [-0.39, 0.29) is 29.0 Å². The van der Waals surface area contributed by atoms with Crippen molar-refractivity contribution < 1.29 is 17.9 Å². The fraction of sp³-hybridized carbons (Fsp3) is 0.409. The smallest absolute Gasteiger partial charge is 0.221 e. The van der Waals surface area contributed by atoms with Crippen molar-refractivity contribution >= 4 is 27.3 Å². The standard InChI is InChI=1S/C22H27ClN2O4S/c1-17-2-8-20(9-3-17)30(27,28)15-10-22(26)24-16-21(25-11-13-29-14-12-25)18-4-6-19(23)7-5-18/h2-9,21H,10-16H2,1H3,(H,24,26). The van der Waals surface area contributed by atoms with Crippen LogP contribution in [0.2, 0.25) is 5.02 Å². The van der Waals surface area contributed by atoms with Gasteiger partial charge in [0.05, 0.1) is 29.9 Å². The highest BCUT2D eigenvalue weighted by Crippen LogP contribution is 2.23. The van der Waals surface area contributed by atoms with Crippen LogP contribution in [0.4, 0.5) is 0 Å². The Hall–Kier alpha value is -1.93. The number of carbonyl (C=O) groups is 1. The summed E-state index contributed by atoms with van der Waals surface area (Å²) in [6, 6.07) is 14.2. The van der Waals surface area contributed by atoms with Crippen molar-refractivity contribution in [1.82, 2.24) is 10.2 Å². The molecule has 1 atom stereocenters. The van der Waals surface area contributed by atoms with Crippen LogP contribution in [-0.2, 0) is 19.4 Å². The van der Waals surface area contributed by atoms with Crippen LogP contribution in [0.1, 0.15) is 23.6 Å². The molecule has 0 radical (unpaired) electrons. The second-order valence-electron chi connectivity index (χ2n) is 7.40. The molecule has 3 rings (SSSR count). The minimum atomic E-state index is -3.49. The van der Waals surface area contributed by atoms with Crippen LogP contribution in [0.5, 0.6) is 0 Å². The van der Waals surface area contributed by atoms with Gasteiger partial charge in [0.1, 0.15) is 0 Å². The molecule has 1 fully saturated rings. The van der Waals surface area contributed by atoms with E-state index in [1.54, 1.807) is 24.3 Å². The molecule has 1 saturated heterocycles. The number of hydrogen-bond acceptors (Lipinski definition) is 5. The van der Waals surface area contributed by atoms with E-state index in [0.29, 0.717) is 24.8 Å². The second-order valence-corrected chi connectivity index (χ2v) is 9.95. The Balaban J connectivity index is 1.59. The van der Waals surface area contributed by atoms with E-state index in [1.807, 2.05) is 31.2 Å². The largest absolute Gasteiger partial charge is 0.379 e. The molecule has 0 spiro atoms. The maximum atomic E-state index is 12.5. The van der Waals surface area contributed by atoms with Gasteiger partial charge in [-0.2, -0.15) is 0 Å². The molecular formula is C22H27ClN2O4S. The molecule has 0 bridgehead atoms. The summed E-state index contributed by atoms with van der Waals surface area (Å²) < 4.78 is 30.4. The van der Waals surface area contributed by atoms with Crippen LogP contribution in [0.25, 0.3) is 0 Å². The van der Waals surface area contributed by atoms with E-state index >= 15 is 0 Å². The number of aryl methyl sites for hydroxylation is 1. The van der Waals surface area contributed by atoms with Gasteiger partial charge in [-0.05, 0) is 36.8 Å². The highest BCUT2D eigenvalue weighted by Gasteiger charge is 2.24. The fourth-order valence-corrected chi connectivity index (χ4v) is 4.79. The number of nitrogens with one attached hydrogen (secondary N) is 1. The van der Waals surface area contributed by atoms with Gasteiger partial charge in [0.15, 0.2) is 9.84 Å². The van der Waals surface area contributed by atoms with Crippen LogP contribution >= 0.6 is 11.6 Å². The van der Waals surface area contributed by atoms with Gasteiger partial charge in [-0.1, -0.05) is 41.4 Å². The molecule has 30 heavy (non-hydrogen) atoms. The fourth-order valence-electron chi connectivity index (χ4n) is 3.42. The Morgan fingerprint density at radius 1 is 1.10 bits per heavy atom. The number of morpholine rings is 1. The SMILES string of the molecule is Cc1ccc(S(=O)(=O)CCC(=O)NCC(c2ccc(Cl)cc2)N2CCOCC2)cc1. The van der Waals surface area contributed by atoms with E-state index in [2.05, 4.69) is 10.2 Å². The molecule has 6 nitrogen and oxygen atoms in total. The summed E-state index contributed by atoms with van der Waals surface area (Å²) in [4.78, 5) is 14.9. The molecule has 8 heteroatoms. The van der Waals surface area contributed by atoms with Crippen LogP contribution in [-0.4, -0.2) is 57.8 Å². The minimum Gasteiger partial charge on any atom is -0.379 e. The van der Waals surface area contributed by atoms with Crippen molar-refractivity contribution in [3.63, 3.8) is 0 Å². The number of carbonyl (C=O) groups excluding carboxylic acids is 1. The molecule has 1 unspecified atom stereocenters. The van der Waals surface area contributed by atoms with Gasteiger partial charge in [0, 0.05) is 31.1 Å². The van der Waals surface area contributed by atoms with E-state index in [1.165, 1.54) is 0 Å². The second kappa shape index (κ2) is 10.4. The van der Waals surface area contributed by atoms with E-state index in [4.69, 9.17) is 16.3 Å². The van der Waals surface area contributed by atoms with Crippen molar-refractivity contribution in [1.29, 1.82) is 0 Å². The quantitative estimate of drug-likeness (QED) is 0.669. The first kappa shape index (κ1) is 22.7. The average Bonchev–Trinajstić information content (AvgIpc) is 2.75. The van der Waals surface area contributed by atoms with Crippen LogP contribution in [0.15, 0.2) is 53.4 Å². The summed E-state index contributed by atoms with van der Waals surface area (Å²) in [5.41, 5.74) is 2.04. The number of benzene rings is 2. The number of rotatable bonds is 8. The average molecular weight is 451 g/mol. The molecule has 0 saturated carbocycles. The highest BCUT2D eigenvalue weighted by atomic mass is 35.5. The summed E-state index contributed by atoms with van der Waals surface area (Å²) >= 11 is 6.01. The normalized spacial score (nSPS) is 16.2. The van der Waals surface area contributed by atoms with Gasteiger partial charge in [-0.3, -0.25) is 9.69 Å². The lowest BCUT2D eigenvalue weighted by atomic mass is 10.0. The van der Waals surface area contributed by atoms with E-state index < -0.39 is 9.84 Å². The number of sulfone groups is 1. The molecule has 1 aliphatic heterocycles. The zero-order chi connectivity index (χ0) is 21.6. The third-order valence-corrected chi connectivity index (χ3v) is 7.20. The number of nitrogens with zero attached hydrogens (tertiary/aromatic N) is 1. The van der Waals surface area contributed by atoms with Gasteiger partial charge < -0.3 is 10.1 Å². The van der Waals surface area contributed by atoms with Gasteiger partial charge in [0.25, 0.3) is 0 Å². The zero-order valence-electron chi connectivity index (χ0n) is 17.0. The number of halogens is 1. The third kappa shape index (κ3) is 6.28. The lowest BCUT2D eigenvalue weighted by Crippen LogP contribution is -2.44. The maximum absolute atomic E-state index is 12.5. The summed E-state index contributed by atoms with van der Waals surface area (Å²) in [5, 5.41) is 3.56. The monoisotopic (exact) mass is 450 g/mol. The molecule has 2 aromatic carbocycles.